The van der Waals surface area contributed by atoms with Gasteiger partial charge in [-0.3, -0.25) is 19.3 Å². The lowest BCUT2D eigenvalue weighted by Gasteiger charge is -2.36. The smallest absolute Gasteiger partial charge is 0.250 e. The third-order valence-electron chi connectivity index (χ3n) is 7.26. The second-order valence-electron chi connectivity index (χ2n) is 8.85. The van der Waals surface area contributed by atoms with E-state index >= 15 is 0 Å². The third kappa shape index (κ3) is 2.61. The number of fused-ring (bicyclic) bond motifs is 7. The Hall–Kier alpha value is -2.10. The summed E-state index contributed by atoms with van der Waals surface area (Å²) in [5.74, 6) is -4.73. The summed E-state index contributed by atoms with van der Waals surface area (Å²) < 4.78 is 14.7. The molecule has 34 heavy (non-hydrogen) atoms. The number of rotatable bonds is 1. The molecule has 6 rings (SSSR count). The van der Waals surface area contributed by atoms with Crippen molar-refractivity contribution in [2.45, 2.75) is 24.2 Å². The highest BCUT2D eigenvalue weighted by atomic mass is 35.5. The predicted molar refractivity (Wildman–Crippen MR) is 124 cm³/mol. The fourth-order valence-corrected chi connectivity index (χ4v) is 7.17. The molecule has 1 spiro atoms. The average molecular weight is 545 g/mol. The number of phenols is 1. The van der Waals surface area contributed by atoms with Crippen LogP contribution in [-0.4, -0.2) is 46.5 Å². The molecule has 2 N–H and O–H groups in total. The second kappa shape index (κ2) is 7.21. The molecule has 4 aliphatic heterocycles. The molecule has 0 aromatic heterocycles. The van der Waals surface area contributed by atoms with Gasteiger partial charge in [0, 0.05) is 28.2 Å². The van der Waals surface area contributed by atoms with Crippen LogP contribution in [0.1, 0.15) is 12.0 Å². The van der Waals surface area contributed by atoms with E-state index in [-0.39, 0.29) is 44.4 Å². The highest BCUT2D eigenvalue weighted by molar-refractivity contribution is 6.39. The number of anilines is 2. The summed E-state index contributed by atoms with van der Waals surface area (Å²) in [5.41, 5.74) is -1.30. The van der Waals surface area contributed by atoms with Crippen LogP contribution in [0.5, 0.6) is 5.75 Å². The van der Waals surface area contributed by atoms with Crippen LogP contribution < -0.4 is 10.2 Å². The molecule has 7 nitrogen and oxygen atoms in total. The van der Waals surface area contributed by atoms with Crippen molar-refractivity contribution >= 4 is 75.5 Å². The van der Waals surface area contributed by atoms with E-state index in [1.807, 2.05) is 0 Å². The Labute approximate surface area is 212 Å². The fraction of sp³-hybridized carbons (Fsp3) is 0.318. The van der Waals surface area contributed by atoms with Crippen molar-refractivity contribution in [2.75, 3.05) is 16.8 Å². The van der Waals surface area contributed by atoms with E-state index in [9.17, 15) is 23.9 Å². The van der Waals surface area contributed by atoms with Crippen molar-refractivity contribution in [1.29, 1.82) is 0 Å². The number of hydrogen-bond donors (Lipinski definition) is 2. The molecule has 0 aliphatic carbocycles. The molecule has 0 radical (unpaired) electrons. The Balaban J connectivity index is 1.60. The van der Waals surface area contributed by atoms with Gasteiger partial charge >= 0.3 is 0 Å². The highest BCUT2D eigenvalue weighted by Crippen LogP contribution is 2.62. The van der Waals surface area contributed by atoms with Gasteiger partial charge in [-0.1, -0.05) is 46.4 Å². The van der Waals surface area contributed by atoms with E-state index in [1.165, 1.54) is 24.3 Å². The molecule has 3 fully saturated rings. The van der Waals surface area contributed by atoms with Crippen LogP contribution in [-0.2, 0) is 19.9 Å². The zero-order chi connectivity index (χ0) is 24.3. The summed E-state index contributed by atoms with van der Waals surface area (Å²) in [7, 11) is 0. The van der Waals surface area contributed by atoms with Gasteiger partial charge < -0.3 is 10.4 Å². The highest BCUT2D eigenvalue weighted by Gasteiger charge is 2.76. The first kappa shape index (κ1) is 22.4. The van der Waals surface area contributed by atoms with Gasteiger partial charge in [-0.2, -0.15) is 0 Å². The molecule has 4 aliphatic rings. The quantitative estimate of drug-likeness (QED) is 0.520. The Bertz CT molecular complexity index is 1340. The zero-order valence-electron chi connectivity index (χ0n) is 17.0. The summed E-state index contributed by atoms with van der Waals surface area (Å²) in [6.45, 7) is -0.135. The largest absolute Gasteiger partial charge is 0.504 e. The van der Waals surface area contributed by atoms with Gasteiger partial charge in [-0.05, 0) is 30.7 Å². The standard InChI is InChI=1S/C22H14Cl4FN3O4/c23-7-1-10-17(11(25)2-7)28-21(34)22(10)16-15(13-5-9(27)6-29(13)22)19(32)30(20(16)33)14-4-8(24)3-12(26)18(14)31/h1-4,9,13,15-16,31H,5-6H2,(H,28,34)/t9-,13?,15?,16?,22?/m0/s1. The van der Waals surface area contributed by atoms with Crippen LogP contribution >= 0.6 is 46.4 Å². The number of amides is 3. The molecule has 3 amide bonds. The summed E-state index contributed by atoms with van der Waals surface area (Å²) in [6.07, 6.45) is -1.34. The van der Waals surface area contributed by atoms with E-state index in [4.69, 9.17) is 46.4 Å². The average Bonchev–Trinajstić information content (AvgIpc) is 3.41. The van der Waals surface area contributed by atoms with Gasteiger partial charge in [0.2, 0.25) is 11.8 Å². The maximum Gasteiger partial charge on any atom is 0.250 e. The zero-order valence-corrected chi connectivity index (χ0v) is 20.0. The minimum atomic E-state index is -1.69. The Morgan fingerprint density at radius 3 is 2.41 bits per heavy atom. The van der Waals surface area contributed by atoms with Gasteiger partial charge in [-0.15, -0.1) is 0 Å². The molecule has 0 bridgehead atoms. The van der Waals surface area contributed by atoms with Gasteiger partial charge in [-0.25, -0.2) is 9.29 Å². The predicted octanol–water partition coefficient (Wildman–Crippen LogP) is 4.39. The number of carbonyl (C=O) groups excluding carboxylic acids is 3. The van der Waals surface area contributed by atoms with Crippen molar-refractivity contribution in [3.05, 3.63) is 49.9 Å². The molecule has 176 valence electrons. The summed E-state index contributed by atoms with van der Waals surface area (Å²) in [4.78, 5) is 43.6. The number of benzene rings is 2. The molecular formula is C22H14Cl4FN3O4. The maximum atomic E-state index is 14.7. The van der Waals surface area contributed by atoms with Gasteiger partial charge in [0.05, 0.1) is 33.3 Å². The third-order valence-corrected chi connectivity index (χ3v) is 8.28. The van der Waals surface area contributed by atoms with Crippen LogP contribution in [0.15, 0.2) is 24.3 Å². The van der Waals surface area contributed by atoms with Crippen molar-refractivity contribution in [3.63, 3.8) is 0 Å². The van der Waals surface area contributed by atoms with E-state index in [0.29, 0.717) is 5.56 Å². The van der Waals surface area contributed by atoms with Crippen LogP contribution in [0.3, 0.4) is 0 Å². The molecule has 2 aromatic rings. The number of alkyl halides is 1. The van der Waals surface area contributed by atoms with Crippen LogP contribution in [0, 0.1) is 11.8 Å². The van der Waals surface area contributed by atoms with Gasteiger partial charge in [0.25, 0.3) is 5.91 Å². The molecule has 0 saturated carbocycles. The van der Waals surface area contributed by atoms with Crippen molar-refractivity contribution in [1.82, 2.24) is 4.90 Å². The summed E-state index contributed by atoms with van der Waals surface area (Å²) >= 11 is 24.7. The molecule has 4 heterocycles. The lowest BCUT2D eigenvalue weighted by atomic mass is 9.75. The van der Waals surface area contributed by atoms with Crippen molar-refractivity contribution in [3.8, 4) is 5.75 Å². The number of phenolic OH excluding ortho intramolecular Hbond substituents is 1. The van der Waals surface area contributed by atoms with Gasteiger partial charge in [0.15, 0.2) is 5.75 Å². The first-order valence-corrected chi connectivity index (χ1v) is 11.9. The minimum Gasteiger partial charge on any atom is -0.504 e. The Morgan fingerprint density at radius 1 is 1.00 bits per heavy atom. The monoisotopic (exact) mass is 543 g/mol. The van der Waals surface area contributed by atoms with E-state index in [0.717, 1.165) is 4.90 Å². The molecule has 12 heteroatoms. The number of imide groups is 1. The molecule has 4 unspecified atom stereocenters. The first-order chi connectivity index (χ1) is 16.1. The second-order valence-corrected chi connectivity index (χ2v) is 10.5. The van der Waals surface area contributed by atoms with Crippen LogP contribution in [0.4, 0.5) is 15.8 Å². The van der Waals surface area contributed by atoms with Crippen molar-refractivity contribution < 1.29 is 23.9 Å². The Morgan fingerprint density at radius 2 is 1.68 bits per heavy atom. The van der Waals surface area contributed by atoms with E-state index in [2.05, 4.69) is 5.32 Å². The summed E-state index contributed by atoms with van der Waals surface area (Å²) in [5, 5.41) is 13.6. The maximum absolute atomic E-state index is 14.7. The summed E-state index contributed by atoms with van der Waals surface area (Å²) in [6, 6.07) is 4.75. The SMILES string of the molecule is O=C1C2C3C[C@H](F)CN3C3(C(=O)Nc4c(Cl)cc(Cl)cc43)C2C(=O)N1c1cc(Cl)cc(Cl)c1O. The lowest BCUT2D eigenvalue weighted by Crippen LogP contribution is -2.54. The molecule has 2 aromatic carbocycles. The Kier molecular flexibility index (Phi) is 4.74. The molecule has 5 atom stereocenters. The topological polar surface area (TPSA) is 90.0 Å². The van der Waals surface area contributed by atoms with Gasteiger partial charge in [0.1, 0.15) is 11.7 Å². The molecule has 3 saturated heterocycles. The lowest BCUT2D eigenvalue weighted by molar-refractivity contribution is -0.135. The number of nitrogens with one attached hydrogen (secondary N) is 1. The number of halogens is 5. The molecular weight excluding hydrogens is 531 g/mol. The minimum absolute atomic E-state index is 0.0328. The normalized spacial score (nSPS) is 31.9. The van der Waals surface area contributed by atoms with Crippen LogP contribution in [0.25, 0.3) is 0 Å². The van der Waals surface area contributed by atoms with Crippen LogP contribution in [0.2, 0.25) is 20.1 Å². The first-order valence-electron chi connectivity index (χ1n) is 10.3. The van der Waals surface area contributed by atoms with E-state index < -0.39 is 53.1 Å². The van der Waals surface area contributed by atoms with Crippen molar-refractivity contribution in [2.24, 2.45) is 11.8 Å². The number of nitrogens with zero attached hydrogens (tertiary/aromatic N) is 2. The number of hydrogen-bond acceptors (Lipinski definition) is 5. The number of aromatic hydroxyl groups is 1. The number of carbonyl (C=O) groups is 3. The fourth-order valence-electron chi connectivity index (χ4n) is 6.14. The van der Waals surface area contributed by atoms with E-state index in [1.54, 1.807) is 4.90 Å².